The van der Waals surface area contributed by atoms with Crippen LogP contribution in [0.15, 0.2) is 0 Å². The van der Waals surface area contributed by atoms with Crippen molar-refractivity contribution < 1.29 is 14.8 Å². The first-order chi connectivity index (χ1) is 4.54. The number of nitrogens with two attached hydrogens (primary N) is 1. The molecule has 0 radical (unpaired) electrons. The predicted octanol–water partition coefficient (Wildman–Crippen LogP) is -0.193. The number of carbonyl (C=O) groups is 1. The second-order valence-electron chi connectivity index (χ2n) is 2.11. The molecule has 4 nitrogen and oxygen atoms in total. The van der Waals surface area contributed by atoms with Gasteiger partial charge in [-0.1, -0.05) is 0 Å². The fourth-order valence-corrected chi connectivity index (χ4v) is 1.10. The van der Waals surface area contributed by atoms with E-state index in [0.717, 1.165) is 0 Å². The van der Waals surface area contributed by atoms with Crippen molar-refractivity contribution in [3.8, 4) is 0 Å². The van der Waals surface area contributed by atoms with Gasteiger partial charge < -0.3 is 15.7 Å². The average molecular weight is 165 g/mol. The van der Waals surface area contributed by atoms with Crippen LogP contribution in [-0.4, -0.2) is 34.8 Å². The average Bonchev–Trinajstić information content (AvgIpc) is 1.82. The summed E-state index contributed by atoms with van der Waals surface area (Å²) in [6.07, 6.45) is 0.858. The Morgan fingerprint density at radius 3 is 2.60 bits per heavy atom. The Hall–Kier alpha value is -0.180. The molecule has 10 heavy (non-hydrogen) atoms. The molecule has 0 aromatic rings. The topological polar surface area (TPSA) is 83.5 Å². The molecule has 4 N–H and O–H groups in total. The molecule has 2 atom stereocenters. The van der Waals surface area contributed by atoms with Gasteiger partial charge in [0.05, 0.1) is 0 Å². The number of rotatable bonds is 4. The summed E-state index contributed by atoms with van der Waals surface area (Å²) in [6, 6.07) is -0.822. The van der Waals surface area contributed by atoms with Gasteiger partial charge in [0.2, 0.25) is 0 Å². The van der Waals surface area contributed by atoms with E-state index < -0.39 is 20.2 Å². The van der Waals surface area contributed by atoms with Crippen molar-refractivity contribution >= 4 is 14.1 Å². The summed E-state index contributed by atoms with van der Waals surface area (Å²) < 4.78 is 0. The van der Waals surface area contributed by atoms with Gasteiger partial charge in [-0.05, 0) is 19.2 Å². The largest absolute Gasteiger partial charge is 0.480 e. The third-order valence-corrected chi connectivity index (χ3v) is 1.99. The van der Waals surface area contributed by atoms with E-state index in [1.165, 1.54) is 0 Å². The third kappa shape index (κ3) is 4.68. The van der Waals surface area contributed by atoms with E-state index in [1.54, 1.807) is 6.66 Å². The van der Waals surface area contributed by atoms with E-state index in [2.05, 4.69) is 0 Å². The molecule has 60 valence electrons. The zero-order valence-corrected chi connectivity index (χ0v) is 6.71. The Labute approximate surface area is 60.9 Å². The minimum Gasteiger partial charge on any atom is -0.480 e. The Morgan fingerprint density at radius 2 is 2.30 bits per heavy atom. The van der Waals surface area contributed by atoms with E-state index in [0.29, 0.717) is 12.6 Å². The van der Waals surface area contributed by atoms with Gasteiger partial charge in [-0.15, -0.1) is 0 Å². The molecular weight excluding hydrogens is 153 g/mol. The first kappa shape index (κ1) is 9.82. The second kappa shape index (κ2) is 4.61. The van der Waals surface area contributed by atoms with Gasteiger partial charge in [-0.3, -0.25) is 4.79 Å². The predicted molar refractivity (Wildman–Crippen MR) is 40.2 cm³/mol. The van der Waals surface area contributed by atoms with E-state index >= 15 is 0 Å². The molecule has 0 spiro atoms. The molecule has 0 aliphatic carbocycles. The van der Waals surface area contributed by atoms with Gasteiger partial charge in [-0.2, -0.15) is 0 Å². The summed E-state index contributed by atoms with van der Waals surface area (Å²) in [4.78, 5) is 18.9. The zero-order valence-electron chi connectivity index (χ0n) is 5.82. The van der Waals surface area contributed by atoms with Crippen molar-refractivity contribution in [2.24, 2.45) is 5.73 Å². The van der Waals surface area contributed by atoms with E-state index in [-0.39, 0.29) is 0 Å². The quantitative estimate of drug-likeness (QED) is 0.504. The Bertz CT molecular complexity index is 117. The molecule has 5 heteroatoms. The highest BCUT2D eigenvalue weighted by molar-refractivity contribution is 7.50. The molecule has 0 rings (SSSR count). The van der Waals surface area contributed by atoms with Gasteiger partial charge in [-0.25, -0.2) is 0 Å². The fraction of sp³-hybridized carbons (Fsp3) is 0.800. The normalized spacial score (nSPS) is 16.3. The number of hydrogen-bond donors (Lipinski definition) is 3. The lowest BCUT2D eigenvalue weighted by atomic mass is 10.2. The molecule has 0 aliphatic rings. The smallest absolute Gasteiger partial charge is 0.320 e. The molecule has 0 saturated carbocycles. The minimum atomic E-state index is -1.00. The molecule has 0 saturated heterocycles. The molecule has 0 heterocycles. The monoisotopic (exact) mass is 165 g/mol. The van der Waals surface area contributed by atoms with Crippen LogP contribution in [0.4, 0.5) is 0 Å². The Balaban J connectivity index is 3.40. The molecule has 0 aromatic heterocycles. The van der Waals surface area contributed by atoms with Gasteiger partial charge >= 0.3 is 5.97 Å². The Kier molecular flexibility index (Phi) is 4.52. The van der Waals surface area contributed by atoms with E-state index in [1.807, 2.05) is 0 Å². The van der Waals surface area contributed by atoms with Crippen molar-refractivity contribution in [3.05, 3.63) is 0 Å². The summed E-state index contributed by atoms with van der Waals surface area (Å²) in [5, 5.41) is 8.30. The number of hydrogen-bond acceptors (Lipinski definition) is 3. The van der Waals surface area contributed by atoms with Crippen LogP contribution in [0.2, 0.25) is 0 Å². The van der Waals surface area contributed by atoms with Crippen molar-refractivity contribution in [3.63, 3.8) is 0 Å². The standard InChI is InChI=1S/C5H12NO3P/c1-10(9)3-2-4(6)5(7)8/h4,9H,2-3,6H2,1H3,(H,7,8). The summed E-state index contributed by atoms with van der Waals surface area (Å²) in [7, 11) is -1.00. The van der Waals surface area contributed by atoms with Crippen molar-refractivity contribution in [1.82, 2.24) is 0 Å². The van der Waals surface area contributed by atoms with Crippen LogP contribution in [0.1, 0.15) is 6.42 Å². The molecule has 0 bridgehead atoms. The summed E-state index contributed by atoms with van der Waals surface area (Å²) >= 11 is 0. The zero-order chi connectivity index (χ0) is 8.15. The lowest BCUT2D eigenvalue weighted by Crippen LogP contribution is -2.30. The lowest BCUT2D eigenvalue weighted by molar-refractivity contribution is -0.138. The van der Waals surface area contributed by atoms with Gasteiger partial charge in [0.1, 0.15) is 6.04 Å². The van der Waals surface area contributed by atoms with Gasteiger partial charge in [0.25, 0.3) is 0 Å². The SMILES string of the molecule is CP(O)CCC(N)C(=O)O. The van der Waals surface area contributed by atoms with E-state index in [4.69, 9.17) is 15.7 Å². The molecular formula is C5H12NO3P. The van der Waals surface area contributed by atoms with Crippen LogP contribution < -0.4 is 5.73 Å². The maximum atomic E-state index is 10.1. The van der Waals surface area contributed by atoms with Crippen LogP contribution in [0.3, 0.4) is 0 Å². The second-order valence-corrected chi connectivity index (χ2v) is 3.88. The highest BCUT2D eigenvalue weighted by Crippen LogP contribution is 2.24. The van der Waals surface area contributed by atoms with Crippen molar-refractivity contribution in [1.29, 1.82) is 0 Å². The third-order valence-electron chi connectivity index (χ3n) is 1.08. The number of carboxylic acids is 1. The molecule has 0 amide bonds. The highest BCUT2D eigenvalue weighted by atomic mass is 31.1. The fourth-order valence-electron chi connectivity index (χ4n) is 0.449. The highest BCUT2D eigenvalue weighted by Gasteiger charge is 2.11. The van der Waals surface area contributed by atoms with E-state index in [9.17, 15) is 4.79 Å². The molecule has 0 aromatic carbocycles. The first-order valence-corrected chi connectivity index (χ1v) is 4.85. The van der Waals surface area contributed by atoms with Crippen LogP contribution in [-0.2, 0) is 4.79 Å². The molecule has 0 aliphatic heterocycles. The number of carboxylic acid groups (broad SMARTS) is 1. The summed E-state index contributed by atoms with van der Waals surface area (Å²) in [5.41, 5.74) is 5.16. The molecule has 2 unspecified atom stereocenters. The van der Waals surface area contributed by atoms with Gasteiger partial charge in [0.15, 0.2) is 0 Å². The van der Waals surface area contributed by atoms with Crippen molar-refractivity contribution in [2.75, 3.05) is 12.8 Å². The van der Waals surface area contributed by atoms with Crippen LogP contribution in [0.25, 0.3) is 0 Å². The maximum Gasteiger partial charge on any atom is 0.320 e. The van der Waals surface area contributed by atoms with Crippen molar-refractivity contribution in [2.45, 2.75) is 12.5 Å². The summed E-state index contributed by atoms with van der Waals surface area (Å²) in [5.74, 6) is -1.00. The Morgan fingerprint density at radius 1 is 1.80 bits per heavy atom. The maximum absolute atomic E-state index is 10.1. The van der Waals surface area contributed by atoms with Gasteiger partial charge in [0, 0.05) is 8.15 Å². The van der Waals surface area contributed by atoms with Crippen LogP contribution in [0.5, 0.6) is 0 Å². The summed E-state index contributed by atoms with van der Waals surface area (Å²) in [6.45, 7) is 1.67. The van der Waals surface area contributed by atoms with Crippen LogP contribution >= 0.6 is 8.15 Å². The molecule has 0 fully saturated rings. The van der Waals surface area contributed by atoms with Crippen LogP contribution in [0, 0.1) is 0 Å². The first-order valence-electron chi connectivity index (χ1n) is 2.92. The lowest BCUT2D eigenvalue weighted by Gasteiger charge is -2.06. The number of aliphatic carboxylic acids is 1. The minimum absolute atomic E-state index is 0.355.